The van der Waals surface area contributed by atoms with Crippen LogP contribution in [0.25, 0.3) is 10.9 Å². The molecule has 0 unspecified atom stereocenters. The second-order valence-electron chi connectivity index (χ2n) is 4.74. The van der Waals surface area contributed by atoms with Crippen LogP contribution >= 0.6 is 0 Å². The minimum atomic E-state index is 0.708. The van der Waals surface area contributed by atoms with E-state index in [2.05, 4.69) is 34.2 Å². The summed E-state index contributed by atoms with van der Waals surface area (Å²) in [5, 5.41) is 5.28. The molecule has 0 atom stereocenters. The highest BCUT2D eigenvalue weighted by atomic mass is 16.5. The highest BCUT2D eigenvalue weighted by Crippen LogP contribution is 2.19. The zero-order valence-corrected chi connectivity index (χ0v) is 11.0. The molecule has 4 heteroatoms. The number of para-hydroxylation sites is 1. The van der Waals surface area contributed by atoms with Gasteiger partial charge in [-0.15, -0.1) is 0 Å². The smallest absolute Gasteiger partial charge is 0.226 e. The largest absolute Gasteiger partial charge is 0.361 e. The molecule has 4 nitrogen and oxygen atoms in total. The third kappa shape index (κ3) is 2.52. The number of unbranched alkanes of at least 4 members (excludes halogenated alkanes) is 1. The number of aromatic amines is 1. The summed E-state index contributed by atoms with van der Waals surface area (Å²) in [5.74, 6) is 1.51. The van der Waals surface area contributed by atoms with Gasteiger partial charge in [0.1, 0.15) is 0 Å². The van der Waals surface area contributed by atoms with Crippen LogP contribution in [0.1, 0.15) is 37.0 Å². The fourth-order valence-electron chi connectivity index (χ4n) is 2.24. The van der Waals surface area contributed by atoms with E-state index in [1.54, 1.807) is 0 Å². The van der Waals surface area contributed by atoms with E-state index in [-0.39, 0.29) is 0 Å². The molecule has 0 saturated heterocycles. The predicted octanol–water partition coefficient (Wildman–Crippen LogP) is 3.48. The van der Waals surface area contributed by atoms with Crippen molar-refractivity contribution in [1.29, 1.82) is 0 Å². The first-order chi connectivity index (χ1) is 9.36. The average Bonchev–Trinajstić information content (AvgIpc) is 3.05. The van der Waals surface area contributed by atoms with Crippen molar-refractivity contribution in [3.8, 4) is 0 Å². The van der Waals surface area contributed by atoms with Gasteiger partial charge in [0, 0.05) is 29.9 Å². The first-order valence-corrected chi connectivity index (χ1v) is 6.73. The first-order valence-electron chi connectivity index (χ1n) is 6.73. The van der Waals surface area contributed by atoms with E-state index in [0.717, 1.165) is 36.5 Å². The molecule has 1 N–H and O–H groups in total. The number of H-pyrrole nitrogens is 1. The van der Waals surface area contributed by atoms with Crippen molar-refractivity contribution >= 4 is 10.9 Å². The molecule has 3 aromatic rings. The van der Waals surface area contributed by atoms with Gasteiger partial charge in [-0.25, -0.2) is 0 Å². The first kappa shape index (κ1) is 12.0. The van der Waals surface area contributed by atoms with Gasteiger partial charge in [-0.3, -0.25) is 0 Å². The number of aromatic nitrogens is 3. The third-order valence-electron chi connectivity index (χ3n) is 3.28. The molecule has 98 valence electrons. The number of nitrogens with one attached hydrogen (secondary N) is 1. The Bertz CT molecular complexity index is 669. The molecule has 2 heterocycles. The SMILES string of the molecule is CCCCc1nc(Cc2c[nH]c3ccccc23)no1. The van der Waals surface area contributed by atoms with E-state index in [4.69, 9.17) is 4.52 Å². The Kier molecular flexibility index (Phi) is 3.31. The van der Waals surface area contributed by atoms with Crippen molar-refractivity contribution in [2.75, 3.05) is 0 Å². The monoisotopic (exact) mass is 255 g/mol. The molecular weight excluding hydrogens is 238 g/mol. The predicted molar refractivity (Wildman–Crippen MR) is 74.0 cm³/mol. The van der Waals surface area contributed by atoms with E-state index in [1.807, 2.05) is 18.3 Å². The molecular formula is C15H17N3O. The maximum Gasteiger partial charge on any atom is 0.226 e. The van der Waals surface area contributed by atoms with Crippen LogP contribution in [0.5, 0.6) is 0 Å². The highest BCUT2D eigenvalue weighted by molar-refractivity contribution is 5.83. The van der Waals surface area contributed by atoms with Crippen LogP contribution in [0.3, 0.4) is 0 Å². The van der Waals surface area contributed by atoms with Crippen molar-refractivity contribution in [2.45, 2.75) is 32.6 Å². The van der Waals surface area contributed by atoms with Gasteiger partial charge in [0.2, 0.25) is 5.89 Å². The number of nitrogens with zero attached hydrogens (tertiary/aromatic N) is 2. The van der Waals surface area contributed by atoms with E-state index in [0.29, 0.717) is 6.42 Å². The van der Waals surface area contributed by atoms with Crippen molar-refractivity contribution < 1.29 is 4.52 Å². The summed E-state index contributed by atoms with van der Waals surface area (Å²) in [6, 6.07) is 8.25. The molecule has 0 aliphatic heterocycles. The minimum Gasteiger partial charge on any atom is -0.361 e. The molecule has 0 amide bonds. The Morgan fingerprint density at radius 1 is 1.26 bits per heavy atom. The van der Waals surface area contributed by atoms with Crippen LogP contribution in [0.4, 0.5) is 0 Å². The van der Waals surface area contributed by atoms with Gasteiger partial charge in [0.05, 0.1) is 0 Å². The maximum absolute atomic E-state index is 5.26. The Labute approximate surface area is 111 Å². The Balaban J connectivity index is 1.79. The Morgan fingerprint density at radius 2 is 2.16 bits per heavy atom. The summed E-state index contributed by atoms with van der Waals surface area (Å²) in [7, 11) is 0. The number of rotatable bonds is 5. The molecule has 2 aromatic heterocycles. The second-order valence-corrected chi connectivity index (χ2v) is 4.74. The van der Waals surface area contributed by atoms with Crippen LogP contribution < -0.4 is 0 Å². The lowest BCUT2D eigenvalue weighted by Crippen LogP contribution is -1.90. The summed E-state index contributed by atoms with van der Waals surface area (Å²) in [4.78, 5) is 7.70. The summed E-state index contributed by atoms with van der Waals surface area (Å²) < 4.78 is 5.26. The number of benzene rings is 1. The Hall–Kier alpha value is -2.10. The van der Waals surface area contributed by atoms with Crippen molar-refractivity contribution in [3.05, 3.63) is 47.7 Å². The van der Waals surface area contributed by atoms with E-state index >= 15 is 0 Å². The molecule has 3 rings (SSSR count). The molecule has 0 saturated carbocycles. The number of fused-ring (bicyclic) bond motifs is 1. The van der Waals surface area contributed by atoms with Gasteiger partial charge in [-0.05, 0) is 18.1 Å². The van der Waals surface area contributed by atoms with Crippen LogP contribution in [-0.2, 0) is 12.8 Å². The summed E-state index contributed by atoms with van der Waals surface area (Å²) in [6.45, 7) is 2.16. The van der Waals surface area contributed by atoms with Gasteiger partial charge in [-0.2, -0.15) is 4.98 Å². The van der Waals surface area contributed by atoms with Crippen molar-refractivity contribution in [1.82, 2.24) is 15.1 Å². The molecule has 19 heavy (non-hydrogen) atoms. The third-order valence-corrected chi connectivity index (χ3v) is 3.28. The number of hydrogen-bond donors (Lipinski definition) is 1. The average molecular weight is 255 g/mol. The van der Waals surface area contributed by atoms with Crippen molar-refractivity contribution in [3.63, 3.8) is 0 Å². The standard InChI is InChI=1S/C15H17N3O/c1-2-3-8-15-17-14(18-19-15)9-11-10-16-13-7-5-4-6-12(11)13/h4-7,10,16H,2-3,8-9H2,1H3. The van der Waals surface area contributed by atoms with Gasteiger partial charge in [0.15, 0.2) is 5.82 Å². The van der Waals surface area contributed by atoms with Gasteiger partial charge in [-0.1, -0.05) is 36.7 Å². The lowest BCUT2D eigenvalue weighted by molar-refractivity contribution is 0.370. The molecule has 0 aliphatic rings. The molecule has 1 aromatic carbocycles. The minimum absolute atomic E-state index is 0.708. The molecule has 0 spiro atoms. The van der Waals surface area contributed by atoms with E-state index < -0.39 is 0 Å². The number of aryl methyl sites for hydroxylation is 1. The van der Waals surface area contributed by atoms with Gasteiger partial charge in [0.25, 0.3) is 0 Å². The zero-order valence-electron chi connectivity index (χ0n) is 11.0. The number of hydrogen-bond acceptors (Lipinski definition) is 3. The zero-order chi connectivity index (χ0) is 13.1. The van der Waals surface area contributed by atoms with Crippen LogP contribution in [0, 0.1) is 0 Å². The lowest BCUT2D eigenvalue weighted by atomic mass is 10.1. The van der Waals surface area contributed by atoms with Gasteiger partial charge >= 0.3 is 0 Å². The van der Waals surface area contributed by atoms with Crippen LogP contribution in [-0.4, -0.2) is 15.1 Å². The molecule has 0 aliphatic carbocycles. The van der Waals surface area contributed by atoms with Crippen molar-refractivity contribution in [2.24, 2.45) is 0 Å². The summed E-state index contributed by atoms with van der Waals surface area (Å²) >= 11 is 0. The lowest BCUT2D eigenvalue weighted by Gasteiger charge is -1.93. The van der Waals surface area contributed by atoms with E-state index in [9.17, 15) is 0 Å². The van der Waals surface area contributed by atoms with E-state index in [1.165, 1.54) is 10.9 Å². The summed E-state index contributed by atoms with van der Waals surface area (Å²) in [6.07, 6.45) is 5.83. The van der Waals surface area contributed by atoms with Crippen LogP contribution in [0.15, 0.2) is 35.0 Å². The molecule has 0 fully saturated rings. The fourth-order valence-corrected chi connectivity index (χ4v) is 2.24. The fraction of sp³-hybridized carbons (Fsp3) is 0.333. The second kappa shape index (κ2) is 5.26. The van der Waals surface area contributed by atoms with Crippen LogP contribution in [0.2, 0.25) is 0 Å². The quantitative estimate of drug-likeness (QED) is 0.759. The maximum atomic E-state index is 5.26. The topological polar surface area (TPSA) is 54.7 Å². The molecule has 0 radical (unpaired) electrons. The normalized spacial score (nSPS) is 11.2. The molecule has 0 bridgehead atoms. The van der Waals surface area contributed by atoms with Gasteiger partial charge < -0.3 is 9.51 Å². The Morgan fingerprint density at radius 3 is 3.05 bits per heavy atom. The summed E-state index contributed by atoms with van der Waals surface area (Å²) in [5.41, 5.74) is 2.35. The highest BCUT2D eigenvalue weighted by Gasteiger charge is 2.09.